The number of rotatable bonds is 4. The van der Waals surface area contributed by atoms with Crippen LogP contribution in [0.25, 0.3) is 11.3 Å². The Morgan fingerprint density at radius 2 is 2.06 bits per heavy atom. The average Bonchev–Trinajstić information content (AvgIpc) is 2.79. The fourth-order valence-electron chi connectivity index (χ4n) is 1.70. The normalized spacial score (nSPS) is 12.6. The van der Waals surface area contributed by atoms with Crippen LogP contribution < -0.4 is 5.73 Å². The van der Waals surface area contributed by atoms with Crippen molar-refractivity contribution in [2.45, 2.75) is 12.5 Å². The molecule has 16 heavy (non-hydrogen) atoms. The van der Waals surface area contributed by atoms with E-state index in [9.17, 15) is 5.11 Å². The van der Waals surface area contributed by atoms with Crippen LogP contribution in [-0.2, 0) is 0 Å². The van der Waals surface area contributed by atoms with Gasteiger partial charge in [-0.25, -0.2) is 0 Å². The molecule has 0 saturated heterocycles. The van der Waals surface area contributed by atoms with E-state index >= 15 is 0 Å². The predicted molar refractivity (Wildman–Crippen MR) is 62.7 cm³/mol. The van der Waals surface area contributed by atoms with Crippen molar-refractivity contribution in [2.24, 2.45) is 5.73 Å². The minimum absolute atomic E-state index is 0.459. The zero-order valence-electron chi connectivity index (χ0n) is 8.93. The first-order valence-corrected chi connectivity index (χ1v) is 5.29. The molecule has 84 valence electrons. The molecule has 1 unspecified atom stereocenters. The van der Waals surface area contributed by atoms with Gasteiger partial charge in [-0.1, -0.05) is 30.3 Å². The fourth-order valence-corrected chi connectivity index (χ4v) is 1.70. The maximum absolute atomic E-state index is 9.91. The van der Waals surface area contributed by atoms with Crippen molar-refractivity contribution in [3.05, 3.63) is 42.1 Å². The topological polar surface area (TPSA) is 74.9 Å². The Bertz CT molecular complexity index is 439. The molecule has 1 aromatic heterocycles. The van der Waals surface area contributed by atoms with Gasteiger partial charge in [0.15, 0.2) is 0 Å². The lowest BCUT2D eigenvalue weighted by Gasteiger charge is -2.09. The molecule has 1 heterocycles. The molecule has 4 nitrogen and oxygen atoms in total. The molecule has 1 aromatic carbocycles. The van der Waals surface area contributed by atoms with Crippen molar-refractivity contribution >= 4 is 0 Å². The highest BCUT2D eigenvalue weighted by atomic mass is 16.3. The predicted octanol–water partition coefficient (Wildman–Crippen LogP) is 1.46. The lowest BCUT2D eigenvalue weighted by atomic mass is 10.0. The van der Waals surface area contributed by atoms with Crippen molar-refractivity contribution in [2.75, 3.05) is 6.54 Å². The number of aliphatic hydroxyl groups is 1. The summed E-state index contributed by atoms with van der Waals surface area (Å²) in [7, 11) is 0. The van der Waals surface area contributed by atoms with Crippen LogP contribution in [0.1, 0.15) is 18.1 Å². The van der Waals surface area contributed by atoms with Gasteiger partial charge < -0.3 is 10.8 Å². The third-order valence-corrected chi connectivity index (χ3v) is 2.53. The fraction of sp³-hybridized carbons (Fsp3) is 0.250. The number of hydrogen-bond donors (Lipinski definition) is 3. The van der Waals surface area contributed by atoms with Crippen LogP contribution in [0.15, 0.2) is 36.5 Å². The molecule has 4 heteroatoms. The lowest BCUT2D eigenvalue weighted by Crippen LogP contribution is -2.06. The Kier molecular flexibility index (Phi) is 3.34. The van der Waals surface area contributed by atoms with Crippen LogP contribution in [0.2, 0.25) is 0 Å². The van der Waals surface area contributed by atoms with E-state index in [0.717, 1.165) is 16.8 Å². The van der Waals surface area contributed by atoms with Gasteiger partial charge in [0.05, 0.1) is 18.0 Å². The Hall–Kier alpha value is -1.65. The van der Waals surface area contributed by atoms with Crippen molar-refractivity contribution in [1.29, 1.82) is 0 Å². The first-order chi connectivity index (χ1) is 7.83. The van der Waals surface area contributed by atoms with E-state index < -0.39 is 6.10 Å². The van der Waals surface area contributed by atoms with E-state index in [1.54, 1.807) is 6.20 Å². The van der Waals surface area contributed by atoms with Gasteiger partial charge in [0.25, 0.3) is 0 Å². The zero-order valence-corrected chi connectivity index (χ0v) is 8.93. The number of aromatic amines is 1. The molecule has 2 rings (SSSR count). The van der Waals surface area contributed by atoms with Gasteiger partial charge in [0.2, 0.25) is 0 Å². The molecule has 0 aliphatic rings. The quantitative estimate of drug-likeness (QED) is 0.725. The average molecular weight is 217 g/mol. The smallest absolute Gasteiger partial charge is 0.0838 e. The minimum atomic E-state index is -0.557. The van der Waals surface area contributed by atoms with E-state index in [2.05, 4.69) is 10.2 Å². The van der Waals surface area contributed by atoms with E-state index in [1.165, 1.54) is 0 Å². The van der Waals surface area contributed by atoms with Crippen molar-refractivity contribution < 1.29 is 5.11 Å². The molecule has 0 saturated carbocycles. The molecule has 1 atom stereocenters. The zero-order chi connectivity index (χ0) is 11.4. The Balaban J connectivity index is 2.33. The highest BCUT2D eigenvalue weighted by Crippen LogP contribution is 2.26. The number of aromatic nitrogens is 2. The third-order valence-electron chi connectivity index (χ3n) is 2.53. The van der Waals surface area contributed by atoms with E-state index in [1.807, 2.05) is 30.3 Å². The van der Waals surface area contributed by atoms with Gasteiger partial charge in [-0.2, -0.15) is 5.10 Å². The second-order valence-corrected chi connectivity index (χ2v) is 3.66. The summed E-state index contributed by atoms with van der Waals surface area (Å²) in [5.41, 5.74) is 8.12. The second-order valence-electron chi connectivity index (χ2n) is 3.66. The summed E-state index contributed by atoms with van der Waals surface area (Å²) in [6.45, 7) is 0.459. The van der Waals surface area contributed by atoms with Gasteiger partial charge in [-0.3, -0.25) is 5.10 Å². The molecular weight excluding hydrogens is 202 g/mol. The third kappa shape index (κ3) is 2.13. The molecule has 0 aliphatic carbocycles. The van der Waals surface area contributed by atoms with Crippen molar-refractivity contribution in [3.8, 4) is 11.3 Å². The van der Waals surface area contributed by atoms with Crippen LogP contribution in [0.3, 0.4) is 0 Å². The van der Waals surface area contributed by atoms with Crippen molar-refractivity contribution in [1.82, 2.24) is 10.2 Å². The molecule has 2 aromatic rings. The summed E-state index contributed by atoms with van der Waals surface area (Å²) >= 11 is 0. The monoisotopic (exact) mass is 217 g/mol. The van der Waals surface area contributed by atoms with Gasteiger partial charge in [-0.05, 0) is 18.5 Å². The molecule has 0 aliphatic heterocycles. The molecular formula is C12H15N3O. The van der Waals surface area contributed by atoms with E-state index in [0.29, 0.717) is 13.0 Å². The number of H-pyrrole nitrogens is 1. The van der Waals surface area contributed by atoms with Gasteiger partial charge in [-0.15, -0.1) is 0 Å². The van der Waals surface area contributed by atoms with Gasteiger partial charge in [0, 0.05) is 5.56 Å². The molecule has 0 amide bonds. The van der Waals surface area contributed by atoms with Crippen molar-refractivity contribution in [3.63, 3.8) is 0 Å². The molecule has 0 bridgehead atoms. The van der Waals surface area contributed by atoms with E-state index in [4.69, 9.17) is 5.73 Å². The molecule has 0 fully saturated rings. The number of nitrogens with one attached hydrogen (secondary N) is 1. The first kappa shape index (κ1) is 10.9. The van der Waals surface area contributed by atoms with Crippen LogP contribution in [0, 0.1) is 0 Å². The number of nitrogens with zero attached hydrogens (tertiary/aromatic N) is 1. The highest BCUT2D eigenvalue weighted by Gasteiger charge is 2.14. The summed E-state index contributed by atoms with van der Waals surface area (Å²) in [4.78, 5) is 0. The highest BCUT2D eigenvalue weighted by molar-refractivity contribution is 5.62. The Labute approximate surface area is 94.1 Å². The first-order valence-electron chi connectivity index (χ1n) is 5.29. The lowest BCUT2D eigenvalue weighted by molar-refractivity contribution is 0.171. The van der Waals surface area contributed by atoms with Gasteiger partial charge >= 0.3 is 0 Å². The standard InChI is InChI=1S/C12H15N3O/c13-7-6-11(16)10-8-14-15-12(10)9-4-2-1-3-5-9/h1-5,8,11,16H,6-7,13H2,(H,14,15). The summed E-state index contributed by atoms with van der Waals surface area (Å²) in [6, 6.07) is 9.82. The summed E-state index contributed by atoms with van der Waals surface area (Å²) in [6.07, 6.45) is 1.64. The largest absolute Gasteiger partial charge is 0.388 e. The van der Waals surface area contributed by atoms with Crippen LogP contribution >= 0.6 is 0 Å². The van der Waals surface area contributed by atoms with Gasteiger partial charge in [0.1, 0.15) is 0 Å². The van der Waals surface area contributed by atoms with Crippen LogP contribution in [-0.4, -0.2) is 21.8 Å². The molecule has 0 spiro atoms. The number of nitrogens with two attached hydrogens (primary N) is 1. The maximum atomic E-state index is 9.91. The minimum Gasteiger partial charge on any atom is -0.388 e. The number of hydrogen-bond acceptors (Lipinski definition) is 3. The molecule has 0 radical (unpaired) electrons. The Morgan fingerprint density at radius 1 is 1.31 bits per heavy atom. The van der Waals surface area contributed by atoms with Crippen LogP contribution in [0.4, 0.5) is 0 Å². The number of benzene rings is 1. The van der Waals surface area contributed by atoms with E-state index in [-0.39, 0.29) is 0 Å². The van der Waals surface area contributed by atoms with Crippen LogP contribution in [0.5, 0.6) is 0 Å². The second kappa shape index (κ2) is 4.92. The maximum Gasteiger partial charge on any atom is 0.0838 e. The summed E-state index contributed by atoms with van der Waals surface area (Å²) in [5, 5.41) is 16.8. The Morgan fingerprint density at radius 3 is 2.75 bits per heavy atom. The number of aliphatic hydroxyl groups excluding tert-OH is 1. The summed E-state index contributed by atoms with van der Waals surface area (Å²) in [5.74, 6) is 0. The summed E-state index contributed by atoms with van der Waals surface area (Å²) < 4.78 is 0. The SMILES string of the molecule is NCCC(O)c1cn[nH]c1-c1ccccc1. The molecule has 4 N–H and O–H groups in total.